The fraction of sp³-hybridized carbons (Fsp3) is 0.421. The number of hydrogen-bond donors (Lipinski definition) is 2. The fourth-order valence-corrected chi connectivity index (χ4v) is 4.79. The molecule has 1 heterocycles. The molecule has 2 aromatic rings. The predicted molar refractivity (Wildman–Crippen MR) is 95.3 cm³/mol. The van der Waals surface area contributed by atoms with Crippen LogP contribution in [-0.2, 0) is 19.4 Å². The number of aryl methyl sites for hydroxylation is 1. The maximum atomic E-state index is 12.0. The molecule has 3 rings (SSSR count). The number of thiophene rings is 1. The molecule has 0 radical (unpaired) electrons. The SMILES string of the molecule is CNCc1ccccc1-c1sc2c(c1C(=O)O)CC(C)(C)CC2. The van der Waals surface area contributed by atoms with Crippen molar-refractivity contribution in [2.75, 3.05) is 7.05 Å². The van der Waals surface area contributed by atoms with Gasteiger partial charge in [-0.05, 0) is 48.4 Å². The van der Waals surface area contributed by atoms with E-state index in [0.717, 1.165) is 47.4 Å². The second-order valence-corrected chi connectivity index (χ2v) is 8.15. The molecule has 0 aliphatic heterocycles. The molecule has 122 valence electrons. The Morgan fingerprint density at radius 2 is 2.09 bits per heavy atom. The third-order valence-corrected chi connectivity index (χ3v) is 5.94. The number of nitrogens with one attached hydrogen (secondary N) is 1. The summed E-state index contributed by atoms with van der Waals surface area (Å²) in [6.45, 7) is 5.20. The lowest BCUT2D eigenvalue weighted by molar-refractivity contribution is 0.0696. The number of carboxylic acid groups (broad SMARTS) is 1. The van der Waals surface area contributed by atoms with Gasteiger partial charge in [-0.15, -0.1) is 11.3 Å². The Morgan fingerprint density at radius 3 is 2.78 bits per heavy atom. The fourth-order valence-electron chi connectivity index (χ4n) is 3.42. The summed E-state index contributed by atoms with van der Waals surface area (Å²) in [6.07, 6.45) is 2.97. The van der Waals surface area contributed by atoms with Gasteiger partial charge in [-0.1, -0.05) is 38.1 Å². The molecule has 0 amide bonds. The van der Waals surface area contributed by atoms with Gasteiger partial charge in [0.05, 0.1) is 5.56 Å². The van der Waals surface area contributed by atoms with E-state index in [4.69, 9.17) is 0 Å². The number of benzene rings is 1. The Labute approximate surface area is 141 Å². The van der Waals surface area contributed by atoms with Crippen molar-refractivity contribution in [1.29, 1.82) is 0 Å². The van der Waals surface area contributed by atoms with Gasteiger partial charge in [0.1, 0.15) is 0 Å². The van der Waals surface area contributed by atoms with Crippen LogP contribution in [0, 0.1) is 5.41 Å². The maximum Gasteiger partial charge on any atom is 0.337 e. The highest BCUT2D eigenvalue weighted by molar-refractivity contribution is 7.16. The van der Waals surface area contributed by atoms with E-state index in [9.17, 15) is 9.90 Å². The molecule has 0 unspecified atom stereocenters. The van der Waals surface area contributed by atoms with E-state index in [0.29, 0.717) is 5.56 Å². The molecule has 1 aliphatic carbocycles. The third kappa shape index (κ3) is 3.06. The Morgan fingerprint density at radius 1 is 1.35 bits per heavy atom. The molecule has 0 saturated heterocycles. The summed E-state index contributed by atoms with van der Waals surface area (Å²) in [7, 11) is 1.91. The molecule has 4 heteroatoms. The Hall–Kier alpha value is -1.65. The second kappa shape index (κ2) is 6.10. The summed E-state index contributed by atoms with van der Waals surface area (Å²) in [5.74, 6) is -0.797. The van der Waals surface area contributed by atoms with Gasteiger partial charge < -0.3 is 10.4 Å². The van der Waals surface area contributed by atoms with E-state index in [1.807, 2.05) is 25.2 Å². The summed E-state index contributed by atoms with van der Waals surface area (Å²) in [6, 6.07) is 8.11. The van der Waals surface area contributed by atoms with Crippen LogP contribution in [0.2, 0.25) is 0 Å². The van der Waals surface area contributed by atoms with Gasteiger partial charge in [0.25, 0.3) is 0 Å². The van der Waals surface area contributed by atoms with E-state index in [2.05, 4.69) is 25.2 Å². The second-order valence-electron chi connectivity index (χ2n) is 7.04. The number of carboxylic acids is 1. The number of fused-ring (bicyclic) bond motifs is 1. The highest BCUT2D eigenvalue weighted by Gasteiger charge is 2.33. The minimum atomic E-state index is -0.797. The Balaban J connectivity index is 2.18. The van der Waals surface area contributed by atoms with Gasteiger partial charge in [0.15, 0.2) is 0 Å². The van der Waals surface area contributed by atoms with Crippen molar-refractivity contribution in [1.82, 2.24) is 5.32 Å². The summed E-state index contributed by atoms with van der Waals surface area (Å²) in [4.78, 5) is 14.2. The molecule has 0 spiro atoms. The number of aromatic carboxylic acids is 1. The molecule has 0 bridgehead atoms. The van der Waals surface area contributed by atoms with E-state index in [1.54, 1.807) is 11.3 Å². The molecule has 0 atom stereocenters. The van der Waals surface area contributed by atoms with Crippen LogP contribution in [-0.4, -0.2) is 18.1 Å². The van der Waals surface area contributed by atoms with E-state index >= 15 is 0 Å². The molecule has 3 nitrogen and oxygen atoms in total. The van der Waals surface area contributed by atoms with Crippen molar-refractivity contribution < 1.29 is 9.90 Å². The lowest BCUT2D eigenvalue weighted by atomic mass is 9.76. The smallest absolute Gasteiger partial charge is 0.337 e. The molecule has 1 aromatic heterocycles. The van der Waals surface area contributed by atoms with Crippen molar-refractivity contribution in [3.05, 3.63) is 45.8 Å². The minimum absolute atomic E-state index is 0.181. The monoisotopic (exact) mass is 329 g/mol. The first-order chi connectivity index (χ1) is 10.9. The van der Waals surface area contributed by atoms with Crippen LogP contribution >= 0.6 is 11.3 Å². The van der Waals surface area contributed by atoms with Gasteiger partial charge >= 0.3 is 5.97 Å². The van der Waals surface area contributed by atoms with Gasteiger partial charge in [-0.25, -0.2) is 4.79 Å². The van der Waals surface area contributed by atoms with Crippen molar-refractivity contribution >= 4 is 17.3 Å². The van der Waals surface area contributed by atoms with Gasteiger partial charge in [-0.3, -0.25) is 0 Å². The molecule has 1 aliphatic rings. The number of carbonyl (C=O) groups is 1. The zero-order chi connectivity index (χ0) is 16.6. The van der Waals surface area contributed by atoms with Crippen LogP contribution in [0.1, 0.15) is 46.6 Å². The van der Waals surface area contributed by atoms with Crippen LogP contribution in [0.3, 0.4) is 0 Å². The minimum Gasteiger partial charge on any atom is -0.478 e. The average molecular weight is 329 g/mol. The van der Waals surface area contributed by atoms with Crippen LogP contribution in [0.4, 0.5) is 0 Å². The molecule has 2 N–H and O–H groups in total. The third-order valence-electron chi connectivity index (χ3n) is 4.62. The van der Waals surface area contributed by atoms with Gasteiger partial charge in [0, 0.05) is 16.3 Å². The van der Waals surface area contributed by atoms with Crippen molar-refractivity contribution in [3.8, 4) is 10.4 Å². The highest BCUT2D eigenvalue weighted by atomic mass is 32.1. The first-order valence-corrected chi connectivity index (χ1v) is 8.85. The highest BCUT2D eigenvalue weighted by Crippen LogP contribution is 2.45. The molecule has 0 saturated carbocycles. The topological polar surface area (TPSA) is 49.3 Å². The summed E-state index contributed by atoms with van der Waals surface area (Å²) >= 11 is 1.68. The number of hydrogen-bond acceptors (Lipinski definition) is 3. The van der Waals surface area contributed by atoms with E-state index in [-0.39, 0.29) is 5.41 Å². The quantitative estimate of drug-likeness (QED) is 0.877. The molecule has 1 aromatic carbocycles. The van der Waals surface area contributed by atoms with Gasteiger partial charge in [0.2, 0.25) is 0 Å². The van der Waals surface area contributed by atoms with Crippen molar-refractivity contribution in [2.45, 2.75) is 39.7 Å². The zero-order valence-corrected chi connectivity index (χ0v) is 14.7. The van der Waals surface area contributed by atoms with E-state index < -0.39 is 5.97 Å². The Bertz CT molecular complexity index is 746. The lowest BCUT2D eigenvalue weighted by Gasteiger charge is -2.29. The predicted octanol–water partition coefficient (Wildman–Crippen LogP) is 4.35. The van der Waals surface area contributed by atoms with E-state index in [1.165, 1.54) is 4.88 Å². The molecular weight excluding hydrogens is 306 g/mol. The van der Waals surface area contributed by atoms with Crippen LogP contribution in [0.25, 0.3) is 10.4 Å². The van der Waals surface area contributed by atoms with Crippen molar-refractivity contribution in [2.24, 2.45) is 5.41 Å². The van der Waals surface area contributed by atoms with Gasteiger partial charge in [-0.2, -0.15) is 0 Å². The molecule has 23 heavy (non-hydrogen) atoms. The lowest BCUT2D eigenvalue weighted by Crippen LogP contribution is -2.22. The summed E-state index contributed by atoms with van der Waals surface area (Å²) in [5.41, 5.74) is 3.97. The largest absolute Gasteiger partial charge is 0.478 e. The molecular formula is C19H23NO2S. The molecule has 0 fully saturated rings. The summed E-state index contributed by atoms with van der Waals surface area (Å²) < 4.78 is 0. The van der Waals surface area contributed by atoms with Crippen LogP contribution in [0.5, 0.6) is 0 Å². The average Bonchev–Trinajstić information content (AvgIpc) is 2.85. The van der Waals surface area contributed by atoms with Crippen molar-refractivity contribution in [3.63, 3.8) is 0 Å². The van der Waals surface area contributed by atoms with Crippen LogP contribution < -0.4 is 5.32 Å². The van der Waals surface area contributed by atoms with Crippen LogP contribution in [0.15, 0.2) is 24.3 Å². The zero-order valence-electron chi connectivity index (χ0n) is 13.9. The maximum absolute atomic E-state index is 12.0. The normalized spacial score (nSPS) is 16.1. The number of rotatable bonds is 4. The summed E-state index contributed by atoms with van der Waals surface area (Å²) in [5, 5.41) is 13.0. The first-order valence-electron chi connectivity index (χ1n) is 8.03. The first kappa shape index (κ1) is 16.2. The standard InChI is InChI=1S/C19H23NO2S/c1-19(2)9-8-15-14(10-19)16(18(21)22)17(23-15)13-7-5-4-6-12(13)11-20-3/h4-7,20H,8-11H2,1-3H3,(H,21,22). The Kier molecular flexibility index (Phi) is 4.30.